The Balaban J connectivity index is 1.45. The predicted octanol–water partition coefficient (Wildman–Crippen LogP) is 8.85. The molecule has 214 valence electrons. The molecule has 4 rings (SSSR count). The highest BCUT2D eigenvalue weighted by Crippen LogP contribution is 2.39. The number of rotatable bonds is 12. The third-order valence-electron chi connectivity index (χ3n) is 7.12. The number of ether oxygens (including phenoxy) is 2. The number of benzene rings is 4. The molecule has 0 bridgehead atoms. The monoisotopic (exact) mass is 551 g/mol. The quantitative estimate of drug-likeness (QED) is 0.136. The number of phenols is 1. The fourth-order valence-electron chi connectivity index (χ4n) is 4.98. The Labute approximate surface area is 244 Å². The fraction of sp³-hybridized carbons (Fsp3) is 0.306. The van der Waals surface area contributed by atoms with Crippen molar-refractivity contribution in [1.29, 1.82) is 0 Å². The van der Waals surface area contributed by atoms with Crippen LogP contribution in [0.15, 0.2) is 84.9 Å². The molecule has 0 radical (unpaired) electrons. The van der Waals surface area contributed by atoms with E-state index in [4.69, 9.17) is 9.47 Å². The van der Waals surface area contributed by atoms with Gasteiger partial charge in [-0.2, -0.15) is 0 Å². The second-order valence-electron chi connectivity index (χ2n) is 11.0. The SMILES string of the molecule is Cc1cc(C(=O)OCc2ccccc2)c(O)c(-c2ccccc2OCCCNc2c(C(C)C)cccc2C(C)C)c1. The Bertz CT molecular complexity index is 1430. The van der Waals surface area contributed by atoms with Gasteiger partial charge in [-0.05, 0) is 65.6 Å². The number of hydrogen-bond acceptors (Lipinski definition) is 5. The third-order valence-corrected chi connectivity index (χ3v) is 7.12. The van der Waals surface area contributed by atoms with Crippen LogP contribution in [-0.2, 0) is 11.3 Å². The van der Waals surface area contributed by atoms with E-state index in [9.17, 15) is 9.90 Å². The molecule has 0 fully saturated rings. The van der Waals surface area contributed by atoms with E-state index in [1.54, 1.807) is 6.07 Å². The molecule has 0 atom stereocenters. The number of carbonyl (C=O) groups is 1. The molecule has 0 aliphatic heterocycles. The molecule has 4 aromatic carbocycles. The van der Waals surface area contributed by atoms with Gasteiger partial charge in [0.25, 0.3) is 0 Å². The second-order valence-corrected chi connectivity index (χ2v) is 11.0. The average molecular weight is 552 g/mol. The van der Waals surface area contributed by atoms with Crippen LogP contribution in [0.4, 0.5) is 5.69 Å². The summed E-state index contributed by atoms with van der Waals surface area (Å²) in [5.74, 6) is 0.840. The van der Waals surface area contributed by atoms with Gasteiger partial charge in [-0.15, -0.1) is 0 Å². The van der Waals surface area contributed by atoms with Crippen LogP contribution in [0.2, 0.25) is 0 Å². The summed E-state index contributed by atoms with van der Waals surface area (Å²) in [5.41, 5.74) is 7.02. The van der Waals surface area contributed by atoms with Crippen molar-refractivity contribution in [3.8, 4) is 22.6 Å². The Morgan fingerprint density at radius 1 is 0.829 bits per heavy atom. The molecular weight excluding hydrogens is 510 g/mol. The zero-order chi connectivity index (χ0) is 29.4. The van der Waals surface area contributed by atoms with E-state index in [1.807, 2.05) is 67.6 Å². The molecule has 0 aromatic heterocycles. The molecule has 0 aliphatic carbocycles. The maximum absolute atomic E-state index is 12.9. The van der Waals surface area contributed by atoms with E-state index >= 15 is 0 Å². The molecule has 0 amide bonds. The number of phenolic OH excluding ortho intramolecular Hbond substituents is 1. The van der Waals surface area contributed by atoms with E-state index in [0.717, 1.165) is 29.7 Å². The molecule has 41 heavy (non-hydrogen) atoms. The van der Waals surface area contributed by atoms with Gasteiger partial charge in [0.15, 0.2) is 0 Å². The largest absolute Gasteiger partial charge is 0.506 e. The van der Waals surface area contributed by atoms with Crippen molar-refractivity contribution in [3.63, 3.8) is 0 Å². The first kappa shape index (κ1) is 29.7. The van der Waals surface area contributed by atoms with Crippen molar-refractivity contribution in [1.82, 2.24) is 0 Å². The molecule has 2 N–H and O–H groups in total. The first-order valence-corrected chi connectivity index (χ1v) is 14.4. The molecule has 0 heterocycles. The number of hydrogen-bond donors (Lipinski definition) is 2. The van der Waals surface area contributed by atoms with Gasteiger partial charge in [0, 0.05) is 23.4 Å². The minimum atomic E-state index is -0.566. The Morgan fingerprint density at radius 3 is 2.17 bits per heavy atom. The topological polar surface area (TPSA) is 67.8 Å². The summed E-state index contributed by atoms with van der Waals surface area (Å²) in [5, 5.41) is 14.8. The van der Waals surface area contributed by atoms with Crippen LogP contribution < -0.4 is 10.1 Å². The molecule has 0 saturated carbocycles. The van der Waals surface area contributed by atoms with Gasteiger partial charge in [0.1, 0.15) is 23.7 Å². The Kier molecular flexibility index (Phi) is 10.1. The average Bonchev–Trinajstić information content (AvgIpc) is 2.97. The standard InChI is InChI=1S/C36H41NO4/c1-24(2)28-16-11-17-29(25(3)4)34(28)37-19-12-20-40-33-18-10-9-15-30(33)31-21-26(5)22-32(35(31)38)36(39)41-23-27-13-7-6-8-14-27/h6-11,13-18,21-22,24-25,37-38H,12,19-20,23H2,1-5H3. The van der Waals surface area contributed by atoms with Crippen LogP contribution in [0.1, 0.15) is 78.6 Å². The van der Waals surface area contributed by atoms with Crippen molar-refractivity contribution in [2.75, 3.05) is 18.5 Å². The summed E-state index contributed by atoms with van der Waals surface area (Å²) >= 11 is 0. The van der Waals surface area contributed by atoms with E-state index in [0.29, 0.717) is 29.8 Å². The summed E-state index contributed by atoms with van der Waals surface area (Å²) in [4.78, 5) is 12.9. The van der Waals surface area contributed by atoms with Crippen LogP contribution >= 0.6 is 0 Å². The summed E-state index contributed by atoms with van der Waals surface area (Å²) in [6, 6.07) is 27.1. The van der Waals surface area contributed by atoms with Crippen LogP contribution in [0.25, 0.3) is 11.1 Å². The third kappa shape index (κ3) is 7.49. The van der Waals surface area contributed by atoms with Gasteiger partial charge in [-0.1, -0.05) is 94.4 Å². The summed E-state index contributed by atoms with van der Waals surface area (Å²) in [6.07, 6.45) is 0.801. The highest BCUT2D eigenvalue weighted by atomic mass is 16.5. The van der Waals surface area contributed by atoms with Gasteiger partial charge in [-0.25, -0.2) is 4.79 Å². The van der Waals surface area contributed by atoms with Crippen molar-refractivity contribution in [2.24, 2.45) is 0 Å². The van der Waals surface area contributed by atoms with Crippen LogP contribution in [0.5, 0.6) is 11.5 Å². The van der Waals surface area contributed by atoms with Gasteiger partial charge >= 0.3 is 5.97 Å². The summed E-state index contributed by atoms with van der Waals surface area (Å²) in [7, 11) is 0. The highest BCUT2D eigenvalue weighted by molar-refractivity contribution is 5.96. The fourth-order valence-corrected chi connectivity index (χ4v) is 4.98. The van der Waals surface area contributed by atoms with Crippen molar-refractivity contribution >= 4 is 11.7 Å². The number of anilines is 1. The highest BCUT2D eigenvalue weighted by Gasteiger charge is 2.20. The van der Waals surface area contributed by atoms with Crippen LogP contribution in [0, 0.1) is 6.92 Å². The lowest BCUT2D eigenvalue weighted by Gasteiger charge is -2.21. The molecule has 0 aliphatic rings. The lowest BCUT2D eigenvalue weighted by atomic mass is 9.92. The Hall–Kier alpha value is -4.25. The summed E-state index contributed by atoms with van der Waals surface area (Å²) in [6.45, 7) is 12.2. The zero-order valence-corrected chi connectivity index (χ0v) is 24.7. The van der Waals surface area contributed by atoms with E-state index in [-0.39, 0.29) is 17.9 Å². The van der Waals surface area contributed by atoms with Gasteiger partial charge in [0.05, 0.1) is 6.61 Å². The van der Waals surface area contributed by atoms with Gasteiger partial charge < -0.3 is 19.9 Å². The minimum Gasteiger partial charge on any atom is -0.506 e. The molecule has 5 nitrogen and oxygen atoms in total. The second kappa shape index (κ2) is 13.9. The lowest BCUT2D eigenvalue weighted by molar-refractivity contribution is 0.0469. The molecule has 0 spiro atoms. The van der Waals surface area contributed by atoms with Crippen molar-refractivity contribution < 1.29 is 19.4 Å². The minimum absolute atomic E-state index is 0.113. The smallest absolute Gasteiger partial charge is 0.342 e. The molecule has 5 heteroatoms. The maximum atomic E-state index is 12.9. The predicted molar refractivity (Wildman–Crippen MR) is 167 cm³/mol. The molecule has 4 aromatic rings. The number of aromatic hydroxyl groups is 1. The van der Waals surface area contributed by atoms with E-state index in [1.165, 1.54) is 16.8 Å². The molecular formula is C36H41NO4. The Morgan fingerprint density at radius 2 is 1.49 bits per heavy atom. The van der Waals surface area contributed by atoms with E-state index in [2.05, 4.69) is 51.2 Å². The first-order chi connectivity index (χ1) is 19.8. The first-order valence-electron chi connectivity index (χ1n) is 14.4. The van der Waals surface area contributed by atoms with Crippen LogP contribution in [-0.4, -0.2) is 24.2 Å². The van der Waals surface area contributed by atoms with Crippen LogP contribution in [0.3, 0.4) is 0 Å². The van der Waals surface area contributed by atoms with Crippen molar-refractivity contribution in [3.05, 3.63) is 113 Å². The summed E-state index contributed by atoms with van der Waals surface area (Å²) < 4.78 is 11.7. The zero-order valence-electron chi connectivity index (χ0n) is 24.7. The number of aryl methyl sites for hydroxylation is 1. The number of esters is 1. The molecule has 0 saturated heterocycles. The number of carbonyl (C=O) groups excluding carboxylic acids is 1. The number of nitrogens with one attached hydrogen (secondary N) is 1. The maximum Gasteiger partial charge on any atom is 0.342 e. The number of para-hydroxylation sites is 2. The lowest BCUT2D eigenvalue weighted by Crippen LogP contribution is -2.12. The van der Waals surface area contributed by atoms with E-state index < -0.39 is 5.97 Å². The molecule has 0 unspecified atom stereocenters. The van der Waals surface area contributed by atoms with Gasteiger partial charge in [0.2, 0.25) is 0 Å². The van der Waals surface area contributed by atoms with Gasteiger partial charge in [-0.3, -0.25) is 0 Å². The normalized spacial score (nSPS) is 11.1. The van der Waals surface area contributed by atoms with Crippen molar-refractivity contribution in [2.45, 2.75) is 59.5 Å².